The Hall–Kier alpha value is -0.630. The maximum atomic E-state index is 12.1. The number of carbonyl (C=O) groups is 3. The molecule has 0 unspecified atom stereocenters. The van der Waals surface area contributed by atoms with E-state index in [1.54, 1.807) is 0 Å². The summed E-state index contributed by atoms with van der Waals surface area (Å²) in [6.07, 6.45) is 0.844. The molecule has 0 aromatic rings. The molecule has 0 aliphatic rings. The first-order chi connectivity index (χ1) is 10.8. The van der Waals surface area contributed by atoms with Gasteiger partial charge in [-0.05, 0) is 26.2 Å². The van der Waals surface area contributed by atoms with Gasteiger partial charge in [0.15, 0.2) is 0 Å². The molecule has 0 spiro atoms. The molecule has 7 N–H and O–H groups in total. The van der Waals surface area contributed by atoms with Crippen LogP contribution < -0.4 is 24.6 Å². The van der Waals surface area contributed by atoms with Crippen molar-refractivity contribution in [1.29, 1.82) is 0 Å². The summed E-state index contributed by atoms with van der Waals surface area (Å²) in [7, 11) is 0. The number of carbonyl (C=O) groups excluding carboxylic acids is 3. The van der Waals surface area contributed by atoms with Gasteiger partial charge in [-0.2, -0.15) is 0 Å². The van der Waals surface area contributed by atoms with Crippen LogP contribution in [-0.4, -0.2) is 54.1 Å². The van der Waals surface area contributed by atoms with Gasteiger partial charge < -0.3 is 21.5 Å². The number of hydrogen-bond donors (Lipinski definition) is 7. The first-order valence-electron chi connectivity index (χ1n) is 7.11. The first-order valence-corrected chi connectivity index (χ1v) is 8.63. The van der Waals surface area contributed by atoms with E-state index in [-0.39, 0.29) is 12.5 Å². The quantitative estimate of drug-likeness (QED) is 0.0804. The van der Waals surface area contributed by atoms with E-state index >= 15 is 0 Å². The second-order valence-electron chi connectivity index (χ2n) is 4.97. The molecular weight excluding hydrogens is 437 g/mol. The monoisotopic (exact) mass is 461 g/mol. The number of nitrogens with two attached hydrogens (primary N) is 1. The van der Waals surface area contributed by atoms with Crippen molar-refractivity contribution in [1.82, 2.24) is 18.9 Å². The molecule has 0 aliphatic carbocycles. The largest absolute Gasteiger partial charge is 0.391 e. The van der Waals surface area contributed by atoms with Crippen LogP contribution in [0.5, 0.6) is 0 Å². The molecule has 0 aliphatic heterocycles. The molecule has 0 aromatic heterocycles. The van der Waals surface area contributed by atoms with Gasteiger partial charge in [-0.1, -0.05) is 12.8 Å². The second kappa shape index (κ2) is 12.8. The minimum absolute atomic E-state index is 0.136. The van der Waals surface area contributed by atoms with Gasteiger partial charge in [0.25, 0.3) is 0 Å². The third-order valence-electron chi connectivity index (χ3n) is 3.02. The number of hydrogen-bond acceptors (Lipinski definition) is 7. The van der Waals surface area contributed by atoms with Gasteiger partial charge in [-0.25, -0.2) is 3.53 Å². The lowest BCUT2D eigenvalue weighted by molar-refractivity contribution is -0.130. The van der Waals surface area contributed by atoms with Crippen LogP contribution in [0.1, 0.15) is 26.2 Å². The fourth-order valence-corrected chi connectivity index (χ4v) is 2.49. The SMILES string of the molecule is C[C@@H](O)[C@H](NC(=O)[C@H](CCCCNC(=O)CNS)NI)C(N)=O. The van der Waals surface area contributed by atoms with Crippen molar-refractivity contribution in [2.45, 2.75) is 44.4 Å². The molecule has 0 radical (unpaired) electrons. The molecule has 3 amide bonds. The molecule has 134 valence electrons. The third kappa shape index (κ3) is 9.96. The van der Waals surface area contributed by atoms with Crippen LogP contribution >= 0.6 is 35.7 Å². The summed E-state index contributed by atoms with van der Waals surface area (Å²) in [5.41, 5.74) is 5.13. The molecule has 0 bridgehead atoms. The maximum Gasteiger partial charge on any atom is 0.242 e. The Morgan fingerprint density at radius 2 is 1.96 bits per heavy atom. The van der Waals surface area contributed by atoms with Crippen LogP contribution in [-0.2, 0) is 14.4 Å². The summed E-state index contributed by atoms with van der Waals surface area (Å²) in [6.45, 7) is 2.02. The summed E-state index contributed by atoms with van der Waals surface area (Å²) in [6, 6.07) is -1.64. The van der Waals surface area contributed by atoms with Crippen molar-refractivity contribution >= 4 is 53.4 Å². The Balaban J connectivity index is 4.16. The highest BCUT2D eigenvalue weighted by Crippen LogP contribution is 2.04. The number of nitrogens with one attached hydrogen (secondary N) is 4. The molecule has 0 rings (SSSR count). The predicted molar refractivity (Wildman–Crippen MR) is 97.6 cm³/mol. The van der Waals surface area contributed by atoms with Crippen molar-refractivity contribution in [3.63, 3.8) is 0 Å². The van der Waals surface area contributed by atoms with Crippen LogP contribution in [0.25, 0.3) is 0 Å². The highest BCUT2D eigenvalue weighted by atomic mass is 127. The van der Waals surface area contributed by atoms with Crippen molar-refractivity contribution in [3.8, 4) is 0 Å². The zero-order valence-electron chi connectivity index (χ0n) is 12.8. The Morgan fingerprint density at radius 3 is 2.43 bits per heavy atom. The molecule has 11 heteroatoms. The van der Waals surface area contributed by atoms with Gasteiger partial charge in [0.05, 0.1) is 18.7 Å². The maximum absolute atomic E-state index is 12.1. The Bertz CT molecular complexity index is 400. The molecule has 0 heterocycles. The van der Waals surface area contributed by atoms with Gasteiger partial charge in [-0.15, -0.1) is 0 Å². The van der Waals surface area contributed by atoms with E-state index in [1.165, 1.54) is 6.92 Å². The highest BCUT2D eigenvalue weighted by molar-refractivity contribution is 14.1. The van der Waals surface area contributed by atoms with Crippen molar-refractivity contribution in [2.24, 2.45) is 5.73 Å². The van der Waals surface area contributed by atoms with Crippen molar-refractivity contribution in [3.05, 3.63) is 0 Å². The van der Waals surface area contributed by atoms with E-state index in [0.717, 1.165) is 0 Å². The lowest BCUT2D eigenvalue weighted by atomic mass is 10.1. The number of amides is 3. The van der Waals surface area contributed by atoms with Gasteiger partial charge in [0, 0.05) is 29.4 Å². The summed E-state index contributed by atoms with van der Waals surface area (Å²) < 4.78 is 5.27. The van der Waals surface area contributed by atoms with Gasteiger partial charge in [-0.3, -0.25) is 19.1 Å². The average molecular weight is 461 g/mol. The highest BCUT2D eigenvalue weighted by Gasteiger charge is 2.26. The normalized spacial score (nSPS) is 14.6. The Morgan fingerprint density at radius 1 is 1.30 bits per heavy atom. The number of aliphatic hydroxyl groups excluding tert-OH is 1. The molecule has 23 heavy (non-hydrogen) atoms. The zero-order valence-corrected chi connectivity index (χ0v) is 15.9. The standard InChI is InChI=1S/C12H24IN5O4S/c1-7(19)10(11(14)21)17-12(22)8(18-13)4-2-3-5-15-9(20)6-16-23/h7-8,10,16,18-19,23H,2-6H2,1H3,(H2,14,21)(H,15,20)(H,17,22)/t7-,8+,10+/m1/s1. The van der Waals surface area contributed by atoms with E-state index in [4.69, 9.17) is 5.73 Å². The predicted octanol–water partition coefficient (Wildman–Crippen LogP) is -1.63. The van der Waals surface area contributed by atoms with Crippen LogP contribution in [0.3, 0.4) is 0 Å². The molecule has 0 saturated heterocycles. The minimum atomic E-state index is -1.12. The summed E-state index contributed by atoms with van der Waals surface area (Å²) in [5, 5.41) is 14.6. The van der Waals surface area contributed by atoms with Crippen molar-refractivity contribution in [2.75, 3.05) is 13.1 Å². The van der Waals surface area contributed by atoms with Crippen LogP contribution in [0.4, 0.5) is 0 Å². The minimum Gasteiger partial charge on any atom is -0.391 e. The van der Waals surface area contributed by atoms with Crippen LogP contribution in [0, 0.1) is 0 Å². The van der Waals surface area contributed by atoms with E-state index in [0.29, 0.717) is 25.8 Å². The molecule has 0 fully saturated rings. The van der Waals surface area contributed by atoms with Gasteiger partial charge in [0.1, 0.15) is 6.04 Å². The third-order valence-corrected chi connectivity index (χ3v) is 3.93. The molecule has 0 saturated carbocycles. The average Bonchev–Trinajstić information content (AvgIpc) is 2.47. The Labute approximate surface area is 154 Å². The summed E-state index contributed by atoms with van der Waals surface area (Å²) in [4.78, 5) is 34.4. The number of thiol groups is 1. The summed E-state index contributed by atoms with van der Waals surface area (Å²) >= 11 is 5.58. The van der Waals surface area contributed by atoms with E-state index in [9.17, 15) is 19.5 Å². The van der Waals surface area contributed by atoms with Crippen molar-refractivity contribution < 1.29 is 19.5 Å². The number of halogens is 1. The van der Waals surface area contributed by atoms with E-state index in [2.05, 4.69) is 31.7 Å². The summed E-state index contributed by atoms with van der Waals surface area (Å²) in [5.74, 6) is -1.35. The van der Waals surface area contributed by atoms with Gasteiger partial charge in [0.2, 0.25) is 17.7 Å². The molecular formula is C12H24IN5O4S. The smallest absolute Gasteiger partial charge is 0.242 e. The molecule has 0 aromatic carbocycles. The first kappa shape index (κ1) is 22.4. The Kier molecular flexibility index (Phi) is 12.4. The lowest BCUT2D eigenvalue weighted by Gasteiger charge is -2.21. The lowest BCUT2D eigenvalue weighted by Crippen LogP contribution is -2.54. The molecule has 3 atom stereocenters. The topological polar surface area (TPSA) is 146 Å². The van der Waals surface area contributed by atoms with Crippen LogP contribution in [0.15, 0.2) is 0 Å². The fraction of sp³-hybridized carbons (Fsp3) is 0.750. The van der Waals surface area contributed by atoms with Crippen LogP contribution in [0.2, 0.25) is 0 Å². The number of rotatable bonds is 12. The number of primary amides is 1. The van der Waals surface area contributed by atoms with Gasteiger partial charge >= 0.3 is 0 Å². The van der Waals surface area contributed by atoms with E-state index in [1.807, 2.05) is 22.9 Å². The van der Waals surface area contributed by atoms with E-state index < -0.39 is 30.0 Å². The fourth-order valence-electron chi connectivity index (χ4n) is 1.75. The molecule has 9 nitrogen and oxygen atoms in total. The number of aliphatic hydroxyl groups is 1. The zero-order chi connectivity index (χ0) is 17.8. The number of unbranched alkanes of at least 4 members (excludes halogenated alkanes) is 1. The second-order valence-corrected chi connectivity index (χ2v) is 5.91.